The van der Waals surface area contributed by atoms with Crippen molar-refractivity contribution in [2.45, 2.75) is 6.42 Å². The zero-order valence-electron chi connectivity index (χ0n) is 11.8. The monoisotopic (exact) mass is 316 g/mol. The minimum atomic E-state index is -0.490. The second kappa shape index (κ2) is 5.69. The van der Waals surface area contributed by atoms with Crippen molar-refractivity contribution in [2.75, 3.05) is 17.3 Å². The maximum Gasteiger partial charge on any atom is 0.333 e. The molecule has 0 spiro atoms. The van der Waals surface area contributed by atoms with Gasteiger partial charge < -0.3 is 10.1 Å². The van der Waals surface area contributed by atoms with E-state index in [4.69, 9.17) is 16.3 Å². The lowest BCUT2D eigenvalue weighted by Gasteiger charge is -2.16. The summed E-state index contributed by atoms with van der Waals surface area (Å²) in [4.78, 5) is 25.6. The van der Waals surface area contributed by atoms with Gasteiger partial charge in [0.25, 0.3) is 0 Å². The van der Waals surface area contributed by atoms with Gasteiger partial charge in [0.1, 0.15) is 5.75 Å². The van der Waals surface area contributed by atoms with Gasteiger partial charge in [0.05, 0.1) is 19.2 Å². The van der Waals surface area contributed by atoms with Crippen molar-refractivity contribution in [3.63, 3.8) is 0 Å². The third-order valence-electron chi connectivity index (χ3n) is 3.42. The molecule has 112 valence electrons. The van der Waals surface area contributed by atoms with Gasteiger partial charge in [0, 0.05) is 10.7 Å². The summed E-state index contributed by atoms with van der Waals surface area (Å²) < 4.78 is 5.13. The molecule has 22 heavy (non-hydrogen) atoms. The van der Waals surface area contributed by atoms with E-state index in [-0.39, 0.29) is 12.3 Å². The van der Waals surface area contributed by atoms with Crippen LogP contribution in [-0.4, -0.2) is 19.0 Å². The normalized spacial score (nSPS) is 13.0. The molecule has 1 heterocycles. The number of hydrogen-bond acceptors (Lipinski definition) is 3. The number of ether oxygens (including phenoxy) is 1. The first-order valence-electron chi connectivity index (χ1n) is 6.65. The molecule has 3 rings (SSSR count). The van der Waals surface area contributed by atoms with Gasteiger partial charge >= 0.3 is 6.03 Å². The van der Waals surface area contributed by atoms with Crippen molar-refractivity contribution in [1.29, 1.82) is 0 Å². The Kier molecular flexibility index (Phi) is 3.73. The highest BCUT2D eigenvalue weighted by atomic mass is 35.5. The van der Waals surface area contributed by atoms with E-state index in [1.54, 1.807) is 49.6 Å². The van der Waals surface area contributed by atoms with Crippen molar-refractivity contribution in [2.24, 2.45) is 0 Å². The number of methoxy groups -OCH3 is 1. The summed E-state index contributed by atoms with van der Waals surface area (Å²) >= 11 is 5.80. The molecule has 0 saturated carbocycles. The molecule has 0 aliphatic carbocycles. The Morgan fingerprint density at radius 3 is 2.64 bits per heavy atom. The first-order chi connectivity index (χ1) is 10.6. The van der Waals surface area contributed by atoms with Crippen LogP contribution in [0.3, 0.4) is 0 Å². The summed E-state index contributed by atoms with van der Waals surface area (Å²) in [6.07, 6.45) is 0.181. The van der Waals surface area contributed by atoms with Crippen LogP contribution >= 0.6 is 11.6 Å². The molecule has 1 aliphatic rings. The lowest BCUT2D eigenvalue weighted by Crippen LogP contribution is -2.37. The number of carbonyl (C=O) groups excluding carboxylic acids is 2. The predicted molar refractivity (Wildman–Crippen MR) is 84.7 cm³/mol. The number of nitrogens with zero attached hydrogens (tertiary/aromatic N) is 1. The number of imide groups is 1. The first kappa shape index (κ1) is 14.4. The van der Waals surface area contributed by atoms with E-state index in [2.05, 4.69) is 5.32 Å². The summed E-state index contributed by atoms with van der Waals surface area (Å²) in [5, 5.41) is 3.26. The maximum absolute atomic E-state index is 12.4. The zero-order chi connectivity index (χ0) is 15.7. The van der Waals surface area contributed by atoms with Crippen LogP contribution in [0.15, 0.2) is 42.5 Å². The van der Waals surface area contributed by atoms with E-state index in [1.165, 1.54) is 0 Å². The van der Waals surface area contributed by atoms with Crippen LogP contribution in [0, 0.1) is 0 Å². The number of urea groups is 1. The summed E-state index contributed by atoms with van der Waals surface area (Å²) in [5.41, 5.74) is 1.93. The predicted octanol–water partition coefficient (Wildman–Crippen LogP) is 3.47. The Morgan fingerprint density at radius 1 is 1.23 bits per heavy atom. The van der Waals surface area contributed by atoms with Crippen LogP contribution in [0.25, 0.3) is 0 Å². The molecule has 6 heteroatoms. The molecular weight excluding hydrogens is 304 g/mol. The number of halogens is 1. The van der Waals surface area contributed by atoms with E-state index in [0.717, 1.165) is 10.5 Å². The van der Waals surface area contributed by atoms with Crippen LogP contribution in [0.1, 0.15) is 5.56 Å². The van der Waals surface area contributed by atoms with E-state index < -0.39 is 6.03 Å². The molecule has 1 aliphatic heterocycles. The van der Waals surface area contributed by atoms with Gasteiger partial charge in [-0.2, -0.15) is 0 Å². The molecule has 0 radical (unpaired) electrons. The third kappa shape index (κ3) is 2.63. The highest BCUT2D eigenvalue weighted by molar-refractivity contribution is 6.30. The third-order valence-corrected chi connectivity index (χ3v) is 3.67. The number of nitrogens with one attached hydrogen (secondary N) is 1. The largest absolute Gasteiger partial charge is 0.497 e. The number of fused-ring (bicyclic) bond motifs is 1. The van der Waals surface area contributed by atoms with Gasteiger partial charge in [-0.15, -0.1) is 0 Å². The average molecular weight is 317 g/mol. The molecule has 2 aromatic rings. The van der Waals surface area contributed by atoms with Gasteiger partial charge in [-0.1, -0.05) is 11.6 Å². The number of carbonyl (C=O) groups is 2. The smallest absolute Gasteiger partial charge is 0.333 e. The standard InChI is InChI=1S/C16H13ClN2O3/c1-22-13-6-7-14-10(8-13)9-15(20)19(14)16(21)18-12-4-2-11(17)3-5-12/h2-8H,9H2,1H3,(H,18,21). The molecule has 0 atom stereocenters. The van der Waals surface area contributed by atoms with E-state index in [0.29, 0.717) is 22.1 Å². The Morgan fingerprint density at radius 2 is 1.95 bits per heavy atom. The van der Waals surface area contributed by atoms with Crippen LogP contribution < -0.4 is 15.0 Å². The van der Waals surface area contributed by atoms with Crippen LogP contribution in [0.4, 0.5) is 16.2 Å². The topological polar surface area (TPSA) is 58.6 Å². The van der Waals surface area contributed by atoms with Crippen LogP contribution in [0.2, 0.25) is 5.02 Å². The van der Waals surface area contributed by atoms with Crippen molar-refractivity contribution in [3.05, 3.63) is 53.1 Å². The second-order valence-electron chi connectivity index (χ2n) is 4.84. The number of hydrogen-bond donors (Lipinski definition) is 1. The fourth-order valence-corrected chi connectivity index (χ4v) is 2.49. The van der Waals surface area contributed by atoms with Crippen LogP contribution in [0.5, 0.6) is 5.75 Å². The highest BCUT2D eigenvalue weighted by Gasteiger charge is 2.32. The number of amides is 3. The molecular formula is C16H13ClN2O3. The van der Waals surface area contributed by atoms with Crippen molar-refractivity contribution in [1.82, 2.24) is 0 Å². The summed E-state index contributed by atoms with van der Waals surface area (Å²) in [6.45, 7) is 0. The molecule has 0 fully saturated rings. The van der Waals surface area contributed by atoms with Crippen LogP contribution in [-0.2, 0) is 11.2 Å². The quantitative estimate of drug-likeness (QED) is 0.923. The lowest BCUT2D eigenvalue weighted by molar-refractivity contribution is -0.116. The summed E-state index contributed by atoms with van der Waals surface area (Å²) in [7, 11) is 1.56. The Labute approximate surface area is 132 Å². The molecule has 5 nitrogen and oxygen atoms in total. The molecule has 0 bridgehead atoms. The maximum atomic E-state index is 12.4. The molecule has 2 aromatic carbocycles. The summed E-state index contributed by atoms with van der Waals surface area (Å²) in [5.74, 6) is 0.390. The van der Waals surface area contributed by atoms with Crippen molar-refractivity contribution in [3.8, 4) is 5.75 Å². The number of rotatable bonds is 2. The minimum absolute atomic E-state index is 0.181. The minimum Gasteiger partial charge on any atom is -0.497 e. The van der Waals surface area contributed by atoms with Gasteiger partial charge in [0.2, 0.25) is 5.91 Å². The first-order valence-corrected chi connectivity index (χ1v) is 7.02. The zero-order valence-corrected chi connectivity index (χ0v) is 12.6. The molecule has 1 N–H and O–H groups in total. The highest BCUT2D eigenvalue weighted by Crippen LogP contribution is 2.32. The second-order valence-corrected chi connectivity index (χ2v) is 5.27. The van der Waals surface area contributed by atoms with Gasteiger partial charge in [-0.25, -0.2) is 9.69 Å². The fourth-order valence-electron chi connectivity index (χ4n) is 2.36. The van der Waals surface area contributed by atoms with Gasteiger partial charge in [-0.3, -0.25) is 4.79 Å². The molecule has 0 unspecified atom stereocenters. The SMILES string of the molecule is COc1ccc2c(c1)CC(=O)N2C(=O)Nc1ccc(Cl)cc1. The van der Waals surface area contributed by atoms with Crippen molar-refractivity contribution < 1.29 is 14.3 Å². The fraction of sp³-hybridized carbons (Fsp3) is 0.125. The summed E-state index contributed by atoms with van der Waals surface area (Å²) in [6, 6.07) is 11.4. The van der Waals surface area contributed by atoms with Gasteiger partial charge in [-0.05, 0) is 48.0 Å². The molecule has 0 saturated heterocycles. The average Bonchev–Trinajstić information content (AvgIpc) is 2.84. The van der Waals surface area contributed by atoms with Crippen molar-refractivity contribution >= 4 is 34.9 Å². The molecule has 3 amide bonds. The van der Waals surface area contributed by atoms with E-state index in [1.807, 2.05) is 0 Å². The molecule has 0 aromatic heterocycles. The Hall–Kier alpha value is -2.53. The van der Waals surface area contributed by atoms with E-state index >= 15 is 0 Å². The Bertz CT molecular complexity index is 744. The van der Waals surface area contributed by atoms with Gasteiger partial charge in [0.15, 0.2) is 0 Å². The lowest BCUT2D eigenvalue weighted by atomic mass is 10.1. The number of anilines is 2. The Balaban J connectivity index is 1.84. The number of benzene rings is 2. The van der Waals surface area contributed by atoms with E-state index in [9.17, 15) is 9.59 Å².